The van der Waals surface area contributed by atoms with Crippen molar-refractivity contribution in [1.82, 2.24) is 9.80 Å². The van der Waals surface area contributed by atoms with Crippen LogP contribution in [0.2, 0.25) is 0 Å². The van der Waals surface area contributed by atoms with E-state index in [0.717, 1.165) is 43.3 Å². The Balaban J connectivity index is 1.26. The standard InChI is InChI=1S/C23H24N4O6/c28-20(24-17-8-6-16(7-9-17)15-25-11-13-33-14-12-25)5-2-10-26-22(29)18-3-1-4-19(27(31)32)21(18)23(26)30/h1,3-4,6-9H,2,5,10-15H2,(H,24,28). The van der Waals surface area contributed by atoms with E-state index < -0.39 is 16.7 Å². The maximum absolute atomic E-state index is 12.6. The number of carbonyl (C=O) groups excluding carboxylic acids is 3. The Morgan fingerprint density at radius 3 is 2.48 bits per heavy atom. The summed E-state index contributed by atoms with van der Waals surface area (Å²) in [6.07, 6.45) is 0.352. The fourth-order valence-electron chi connectivity index (χ4n) is 4.00. The lowest BCUT2D eigenvalue weighted by molar-refractivity contribution is -0.385. The van der Waals surface area contributed by atoms with Gasteiger partial charge in [0, 0.05) is 44.4 Å². The van der Waals surface area contributed by atoms with Crippen LogP contribution in [0.4, 0.5) is 11.4 Å². The number of hydrogen-bond donors (Lipinski definition) is 1. The molecule has 0 aromatic heterocycles. The number of nitro benzene ring substituents is 1. The summed E-state index contributed by atoms with van der Waals surface area (Å²) in [4.78, 5) is 51.1. The molecule has 1 fully saturated rings. The molecular formula is C23H24N4O6. The highest BCUT2D eigenvalue weighted by molar-refractivity contribution is 6.23. The molecule has 0 unspecified atom stereocenters. The van der Waals surface area contributed by atoms with Gasteiger partial charge in [0.25, 0.3) is 17.5 Å². The minimum Gasteiger partial charge on any atom is -0.379 e. The van der Waals surface area contributed by atoms with E-state index in [2.05, 4.69) is 10.2 Å². The summed E-state index contributed by atoms with van der Waals surface area (Å²) in [5.41, 5.74) is 1.27. The number of ether oxygens (including phenoxy) is 1. The average Bonchev–Trinajstić information content (AvgIpc) is 3.06. The van der Waals surface area contributed by atoms with Crippen LogP contribution in [0, 0.1) is 10.1 Å². The number of nitrogens with one attached hydrogen (secondary N) is 1. The van der Waals surface area contributed by atoms with E-state index >= 15 is 0 Å². The second-order valence-electron chi connectivity index (χ2n) is 7.96. The van der Waals surface area contributed by atoms with Gasteiger partial charge in [-0.25, -0.2) is 0 Å². The first-order valence-electron chi connectivity index (χ1n) is 10.8. The fraction of sp³-hybridized carbons (Fsp3) is 0.348. The normalized spacial score (nSPS) is 16.1. The second kappa shape index (κ2) is 9.88. The van der Waals surface area contributed by atoms with Crippen LogP contribution in [0.5, 0.6) is 0 Å². The van der Waals surface area contributed by atoms with Gasteiger partial charge in [-0.05, 0) is 30.2 Å². The van der Waals surface area contributed by atoms with Gasteiger partial charge in [-0.1, -0.05) is 18.2 Å². The van der Waals surface area contributed by atoms with Crippen molar-refractivity contribution in [3.8, 4) is 0 Å². The molecule has 33 heavy (non-hydrogen) atoms. The van der Waals surface area contributed by atoms with Gasteiger partial charge in [-0.2, -0.15) is 0 Å². The Bertz CT molecular complexity index is 1080. The molecule has 1 N–H and O–H groups in total. The number of nitrogens with zero attached hydrogens (tertiary/aromatic N) is 3. The molecule has 10 heteroatoms. The van der Waals surface area contributed by atoms with Crippen LogP contribution in [-0.2, 0) is 16.1 Å². The van der Waals surface area contributed by atoms with Crippen molar-refractivity contribution in [2.75, 3.05) is 38.2 Å². The van der Waals surface area contributed by atoms with Crippen molar-refractivity contribution in [1.29, 1.82) is 0 Å². The number of morpholine rings is 1. The molecule has 172 valence electrons. The number of hydrogen-bond acceptors (Lipinski definition) is 7. The molecule has 2 aromatic carbocycles. The number of fused-ring (bicyclic) bond motifs is 1. The summed E-state index contributed by atoms with van der Waals surface area (Å²) in [5, 5.41) is 14.0. The molecule has 0 bridgehead atoms. The highest BCUT2D eigenvalue weighted by Crippen LogP contribution is 2.30. The zero-order chi connectivity index (χ0) is 23.4. The molecule has 10 nitrogen and oxygen atoms in total. The molecular weight excluding hydrogens is 428 g/mol. The summed E-state index contributed by atoms with van der Waals surface area (Å²) in [6, 6.07) is 11.6. The first-order chi connectivity index (χ1) is 15.9. The van der Waals surface area contributed by atoms with Gasteiger partial charge in [-0.3, -0.25) is 34.3 Å². The zero-order valence-corrected chi connectivity index (χ0v) is 18.0. The Morgan fingerprint density at radius 1 is 1.06 bits per heavy atom. The summed E-state index contributed by atoms with van der Waals surface area (Å²) in [5.74, 6) is -1.51. The third kappa shape index (κ3) is 5.07. The molecule has 0 spiro atoms. The highest BCUT2D eigenvalue weighted by atomic mass is 16.6. The quantitative estimate of drug-likeness (QED) is 0.371. The van der Waals surface area contributed by atoms with Crippen LogP contribution >= 0.6 is 0 Å². The first kappa shape index (κ1) is 22.6. The molecule has 0 aliphatic carbocycles. The van der Waals surface area contributed by atoms with Crippen LogP contribution in [-0.4, -0.2) is 65.3 Å². The SMILES string of the molecule is O=C(CCCN1C(=O)c2cccc([N+](=O)[O-])c2C1=O)Nc1ccc(CN2CCOCC2)cc1. The van der Waals surface area contributed by atoms with Gasteiger partial charge < -0.3 is 10.1 Å². The van der Waals surface area contributed by atoms with E-state index in [1.165, 1.54) is 18.2 Å². The van der Waals surface area contributed by atoms with Gasteiger partial charge in [-0.15, -0.1) is 0 Å². The van der Waals surface area contributed by atoms with Crippen molar-refractivity contribution < 1.29 is 24.0 Å². The second-order valence-corrected chi connectivity index (χ2v) is 7.96. The number of amides is 3. The van der Waals surface area contributed by atoms with Crippen molar-refractivity contribution in [3.63, 3.8) is 0 Å². The summed E-state index contributed by atoms with van der Waals surface area (Å²) in [6.45, 7) is 4.13. The molecule has 4 rings (SSSR count). The molecule has 2 aliphatic rings. The predicted molar refractivity (Wildman–Crippen MR) is 119 cm³/mol. The highest BCUT2D eigenvalue weighted by Gasteiger charge is 2.40. The predicted octanol–water partition coefficient (Wildman–Crippen LogP) is 2.44. The molecule has 3 amide bonds. The number of rotatable bonds is 8. The molecule has 0 atom stereocenters. The van der Waals surface area contributed by atoms with Crippen molar-refractivity contribution in [2.24, 2.45) is 0 Å². The Labute approximate surface area is 190 Å². The maximum atomic E-state index is 12.6. The summed E-state index contributed by atoms with van der Waals surface area (Å²) in [7, 11) is 0. The first-order valence-corrected chi connectivity index (χ1v) is 10.8. The van der Waals surface area contributed by atoms with Crippen molar-refractivity contribution >= 4 is 29.1 Å². The smallest absolute Gasteiger partial charge is 0.282 e. The van der Waals surface area contributed by atoms with Crippen LogP contribution in [0.15, 0.2) is 42.5 Å². The lowest BCUT2D eigenvalue weighted by atomic mass is 10.1. The topological polar surface area (TPSA) is 122 Å². The lowest BCUT2D eigenvalue weighted by Crippen LogP contribution is -2.35. The minimum absolute atomic E-state index is 0.00933. The Hall–Kier alpha value is -3.63. The average molecular weight is 452 g/mol. The third-order valence-electron chi connectivity index (χ3n) is 5.71. The van der Waals surface area contributed by atoms with E-state index in [1.54, 1.807) is 0 Å². The molecule has 2 aromatic rings. The van der Waals surface area contributed by atoms with E-state index in [9.17, 15) is 24.5 Å². The van der Waals surface area contributed by atoms with Crippen LogP contribution in [0.1, 0.15) is 39.1 Å². The lowest BCUT2D eigenvalue weighted by Gasteiger charge is -2.26. The molecule has 2 heterocycles. The van der Waals surface area contributed by atoms with Crippen LogP contribution in [0.25, 0.3) is 0 Å². The largest absolute Gasteiger partial charge is 0.379 e. The number of carbonyl (C=O) groups is 3. The van der Waals surface area contributed by atoms with Gasteiger partial charge in [0.05, 0.1) is 23.7 Å². The minimum atomic E-state index is -0.696. The summed E-state index contributed by atoms with van der Waals surface area (Å²) < 4.78 is 5.35. The third-order valence-corrected chi connectivity index (χ3v) is 5.71. The van der Waals surface area contributed by atoms with Gasteiger partial charge in [0.15, 0.2) is 0 Å². The Morgan fingerprint density at radius 2 is 1.79 bits per heavy atom. The van der Waals surface area contributed by atoms with Crippen LogP contribution in [0.3, 0.4) is 0 Å². The summed E-state index contributed by atoms with van der Waals surface area (Å²) >= 11 is 0. The molecule has 0 radical (unpaired) electrons. The van der Waals surface area contributed by atoms with E-state index in [-0.39, 0.29) is 42.1 Å². The van der Waals surface area contributed by atoms with E-state index in [0.29, 0.717) is 5.69 Å². The van der Waals surface area contributed by atoms with E-state index in [1.807, 2.05) is 24.3 Å². The molecule has 1 saturated heterocycles. The number of imide groups is 1. The number of benzene rings is 2. The monoisotopic (exact) mass is 452 g/mol. The van der Waals surface area contributed by atoms with Gasteiger partial charge >= 0.3 is 0 Å². The number of nitro groups is 1. The van der Waals surface area contributed by atoms with Crippen molar-refractivity contribution in [3.05, 3.63) is 69.3 Å². The van der Waals surface area contributed by atoms with Gasteiger partial charge in [0.1, 0.15) is 5.56 Å². The fourth-order valence-corrected chi connectivity index (χ4v) is 4.00. The van der Waals surface area contributed by atoms with Crippen molar-refractivity contribution in [2.45, 2.75) is 19.4 Å². The van der Waals surface area contributed by atoms with Crippen LogP contribution < -0.4 is 5.32 Å². The molecule has 2 aliphatic heterocycles. The van der Waals surface area contributed by atoms with E-state index in [4.69, 9.17) is 4.74 Å². The molecule has 0 saturated carbocycles. The maximum Gasteiger partial charge on any atom is 0.282 e. The Kier molecular flexibility index (Phi) is 6.76. The number of anilines is 1. The zero-order valence-electron chi connectivity index (χ0n) is 18.0. The van der Waals surface area contributed by atoms with Gasteiger partial charge in [0.2, 0.25) is 5.91 Å².